The van der Waals surface area contributed by atoms with Crippen LogP contribution in [0.3, 0.4) is 0 Å². The summed E-state index contributed by atoms with van der Waals surface area (Å²) >= 11 is 5.74. The lowest BCUT2D eigenvalue weighted by Gasteiger charge is -1.99. The minimum Gasteiger partial charge on any atom is -0.480 e. The molecule has 0 amide bonds. The number of carbonyl (C=O) groups is 1. The first-order valence-corrected chi connectivity index (χ1v) is 5.35. The topological polar surface area (TPSA) is 100 Å². The van der Waals surface area contributed by atoms with Crippen LogP contribution in [0.15, 0.2) is 29.1 Å². The van der Waals surface area contributed by atoms with E-state index in [-0.39, 0.29) is 12.5 Å². The molecule has 0 fully saturated rings. The van der Waals surface area contributed by atoms with E-state index < -0.39 is 11.7 Å². The molecule has 1 heterocycles. The SMILES string of the molecule is O=C(O)CNc1nn(-c2ccc(Cl)cc2)c(=O)[nH]1. The van der Waals surface area contributed by atoms with Crippen molar-refractivity contribution in [3.8, 4) is 5.69 Å². The molecule has 1 aromatic heterocycles. The molecule has 0 aliphatic carbocycles. The number of carboxylic acid groups (broad SMARTS) is 1. The normalized spacial score (nSPS) is 10.3. The Morgan fingerprint density at radius 3 is 2.72 bits per heavy atom. The summed E-state index contributed by atoms with van der Waals surface area (Å²) in [6.45, 7) is -0.326. The highest BCUT2D eigenvalue weighted by molar-refractivity contribution is 6.30. The van der Waals surface area contributed by atoms with E-state index in [0.717, 1.165) is 4.68 Å². The number of nitrogens with one attached hydrogen (secondary N) is 2. The predicted octanol–water partition coefficient (Wildman–Crippen LogP) is 0.710. The Morgan fingerprint density at radius 1 is 1.44 bits per heavy atom. The van der Waals surface area contributed by atoms with Crippen LogP contribution >= 0.6 is 11.6 Å². The number of aliphatic carboxylic acids is 1. The van der Waals surface area contributed by atoms with Gasteiger partial charge in [0.25, 0.3) is 0 Å². The summed E-state index contributed by atoms with van der Waals surface area (Å²) in [5, 5.41) is 15.4. The van der Waals surface area contributed by atoms with Gasteiger partial charge in [-0.1, -0.05) is 11.6 Å². The predicted molar refractivity (Wildman–Crippen MR) is 65.3 cm³/mol. The summed E-state index contributed by atoms with van der Waals surface area (Å²) in [6.07, 6.45) is 0. The third-order valence-corrected chi connectivity index (χ3v) is 2.35. The third-order valence-electron chi connectivity index (χ3n) is 2.10. The summed E-state index contributed by atoms with van der Waals surface area (Å²) < 4.78 is 1.11. The minimum atomic E-state index is -1.04. The van der Waals surface area contributed by atoms with Crippen molar-refractivity contribution in [2.75, 3.05) is 11.9 Å². The zero-order chi connectivity index (χ0) is 13.1. The number of hydrogen-bond acceptors (Lipinski definition) is 4. The Hall–Kier alpha value is -2.28. The van der Waals surface area contributed by atoms with E-state index in [1.807, 2.05) is 0 Å². The van der Waals surface area contributed by atoms with E-state index in [2.05, 4.69) is 15.4 Å². The Labute approximate surface area is 106 Å². The molecule has 2 rings (SSSR count). The molecule has 7 nitrogen and oxygen atoms in total. The van der Waals surface area contributed by atoms with Crippen LogP contribution in [0.2, 0.25) is 5.02 Å². The van der Waals surface area contributed by atoms with Crippen molar-refractivity contribution in [2.24, 2.45) is 0 Å². The number of hydrogen-bond donors (Lipinski definition) is 3. The second kappa shape index (κ2) is 4.92. The van der Waals surface area contributed by atoms with Gasteiger partial charge in [0.1, 0.15) is 6.54 Å². The van der Waals surface area contributed by atoms with Gasteiger partial charge in [0.2, 0.25) is 5.95 Å². The molecule has 0 bridgehead atoms. The zero-order valence-corrected chi connectivity index (χ0v) is 9.81. The minimum absolute atomic E-state index is 0.0948. The van der Waals surface area contributed by atoms with Crippen molar-refractivity contribution in [2.45, 2.75) is 0 Å². The van der Waals surface area contributed by atoms with Gasteiger partial charge in [0.05, 0.1) is 5.69 Å². The number of nitrogens with zero attached hydrogens (tertiary/aromatic N) is 2. The molecule has 0 saturated heterocycles. The molecule has 0 radical (unpaired) electrons. The van der Waals surface area contributed by atoms with Gasteiger partial charge in [-0.25, -0.2) is 4.79 Å². The van der Waals surface area contributed by atoms with E-state index in [9.17, 15) is 9.59 Å². The highest BCUT2D eigenvalue weighted by Gasteiger charge is 2.07. The lowest BCUT2D eigenvalue weighted by molar-refractivity contribution is -0.134. The molecule has 18 heavy (non-hydrogen) atoms. The lowest BCUT2D eigenvalue weighted by Crippen LogP contribution is -2.15. The molecule has 0 aliphatic rings. The summed E-state index contributed by atoms with van der Waals surface area (Å²) in [6, 6.07) is 6.52. The van der Waals surface area contributed by atoms with Crippen molar-refractivity contribution < 1.29 is 9.90 Å². The Morgan fingerprint density at radius 2 is 2.11 bits per heavy atom. The first-order valence-electron chi connectivity index (χ1n) is 4.97. The smallest absolute Gasteiger partial charge is 0.349 e. The van der Waals surface area contributed by atoms with Crippen LogP contribution in [0.25, 0.3) is 5.69 Å². The summed E-state index contributed by atoms with van der Waals surface area (Å²) in [5.41, 5.74) is 0.0641. The van der Waals surface area contributed by atoms with Crippen LogP contribution in [0.5, 0.6) is 0 Å². The van der Waals surface area contributed by atoms with Crippen LogP contribution in [0, 0.1) is 0 Å². The average molecular weight is 269 g/mol. The van der Waals surface area contributed by atoms with Gasteiger partial charge < -0.3 is 10.4 Å². The van der Waals surface area contributed by atoms with E-state index >= 15 is 0 Å². The number of aromatic nitrogens is 3. The molecule has 0 unspecified atom stereocenters. The fourth-order valence-electron chi connectivity index (χ4n) is 1.32. The van der Waals surface area contributed by atoms with Crippen molar-refractivity contribution in [3.05, 3.63) is 39.8 Å². The molecule has 0 atom stereocenters. The number of aromatic amines is 1. The zero-order valence-electron chi connectivity index (χ0n) is 9.05. The van der Waals surface area contributed by atoms with Crippen molar-refractivity contribution in [1.82, 2.24) is 14.8 Å². The van der Waals surface area contributed by atoms with Crippen molar-refractivity contribution in [3.63, 3.8) is 0 Å². The van der Waals surface area contributed by atoms with Crippen LogP contribution < -0.4 is 11.0 Å². The molecule has 0 spiro atoms. The lowest BCUT2D eigenvalue weighted by atomic mass is 10.3. The van der Waals surface area contributed by atoms with Gasteiger partial charge >= 0.3 is 11.7 Å². The molecule has 2 aromatic rings. The second-order valence-corrected chi connectivity index (χ2v) is 3.85. The highest BCUT2D eigenvalue weighted by atomic mass is 35.5. The quantitative estimate of drug-likeness (QED) is 0.758. The first kappa shape index (κ1) is 12.2. The summed E-state index contributed by atoms with van der Waals surface area (Å²) in [4.78, 5) is 24.4. The maximum atomic E-state index is 11.6. The van der Waals surface area contributed by atoms with Gasteiger partial charge in [-0.2, -0.15) is 4.68 Å². The Kier molecular flexibility index (Phi) is 3.33. The van der Waals surface area contributed by atoms with E-state index in [0.29, 0.717) is 10.7 Å². The number of carboxylic acids is 1. The van der Waals surface area contributed by atoms with Crippen LogP contribution in [0.1, 0.15) is 0 Å². The standard InChI is InChI=1S/C10H9ClN4O3/c11-6-1-3-7(4-2-6)15-10(18)13-9(14-15)12-5-8(16)17/h1-4H,5H2,(H,16,17)(H2,12,13,14,18). The fraction of sp³-hybridized carbons (Fsp3) is 0.100. The third kappa shape index (κ3) is 2.69. The average Bonchev–Trinajstić information content (AvgIpc) is 2.69. The molecular formula is C10H9ClN4O3. The second-order valence-electron chi connectivity index (χ2n) is 3.41. The molecule has 8 heteroatoms. The Balaban J connectivity index is 2.26. The number of benzene rings is 1. The molecule has 0 aliphatic heterocycles. The maximum Gasteiger partial charge on any atom is 0.349 e. The van der Waals surface area contributed by atoms with E-state index in [4.69, 9.17) is 16.7 Å². The first-order chi connectivity index (χ1) is 8.56. The van der Waals surface area contributed by atoms with E-state index in [1.165, 1.54) is 0 Å². The van der Waals surface area contributed by atoms with Crippen molar-refractivity contribution in [1.29, 1.82) is 0 Å². The molecule has 94 valence electrons. The van der Waals surface area contributed by atoms with Gasteiger partial charge in [0.15, 0.2) is 0 Å². The Bertz CT molecular complexity index is 617. The van der Waals surface area contributed by atoms with Gasteiger partial charge in [0, 0.05) is 5.02 Å². The van der Waals surface area contributed by atoms with Gasteiger partial charge in [-0.3, -0.25) is 9.78 Å². The van der Waals surface area contributed by atoms with Crippen LogP contribution in [-0.4, -0.2) is 32.4 Å². The van der Waals surface area contributed by atoms with Crippen LogP contribution in [0.4, 0.5) is 5.95 Å². The molecule has 0 saturated carbocycles. The van der Waals surface area contributed by atoms with Gasteiger partial charge in [-0.15, -0.1) is 5.10 Å². The fourth-order valence-corrected chi connectivity index (χ4v) is 1.45. The number of halogens is 1. The summed E-state index contributed by atoms with van der Waals surface area (Å²) in [5.74, 6) is -0.950. The molecule has 3 N–H and O–H groups in total. The highest BCUT2D eigenvalue weighted by Crippen LogP contribution is 2.11. The monoisotopic (exact) mass is 268 g/mol. The van der Waals surface area contributed by atoms with E-state index in [1.54, 1.807) is 24.3 Å². The maximum absolute atomic E-state index is 11.6. The van der Waals surface area contributed by atoms with Crippen LogP contribution in [-0.2, 0) is 4.79 Å². The van der Waals surface area contributed by atoms with Crippen molar-refractivity contribution >= 4 is 23.5 Å². The molecular weight excluding hydrogens is 260 g/mol. The number of H-pyrrole nitrogens is 1. The number of anilines is 1. The summed E-state index contributed by atoms with van der Waals surface area (Å²) in [7, 11) is 0. The largest absolute Gasteiger partial charge is 0.480 e. The van der Waals surface area contributed by atoms with Gasteiger partial charge in [-0.05, 0) is 24.3 Å². The number of rotatable bonds is 4. The molecule has 1 aromatic carbocycles.